The van der Waals surface area contributed by atoms with Crippen LogP contribution in [0.1, 0.15) is 6.92 Å². The number of benzene rings is 1. The second-order valence-electron chi connectivity index (χ2n) is 3.87. The topological polar surface area (TPSA) is 78.5 Å². The smallest absolute Gasteiger partial charge is 0.423 e. The van der Waals surface area contributed by atoms with Gasteiger partial charge >= 0.3 is 7.12 Å². The maximum Gasteiger partial charge on any atom is 0.488 e. The van der Waals surface area contributed by atoms with E-state index in [1.54, 1.807) is 36.0 Å². The highest BCUT2D eigenvalue weighted by Gasteiger charge is 2.13. The van der Waals surface area contributed by atoms with Gasteiger partial charge in [0.2, 0.25) is 0 Å². The minimum Gasteiger partial charge on any atom is -0.423 e. The summed E-state index contributed by atoms with van der Waals surface area (Å²) in [6.45, 7) is 2.12. The predicted molar refractivity (Wildman–Crippen MR) is 61.2 cm³/mol. The normalized spacial score (nSPS) is 13.0. The quantitative estimate of drug-likeness (QED) is 0.585. The summed E-state index contributed by atoms with van der Waals surface area (Å²) < 4.78 is 1.78. The molecule has 1 aromatic heterocycles. The fourth-order valence-electron chi connectivity index (χ4n) is 1.66. The van der Waals surface area contributed by atoms with Gasteiger partial charge < -0.3 is 19.7 Å². The van der Waals surface area contributed by atoms with Gasteiger partial charge in [0.05, 0.1) is 23.5 Å². The van der Waals surface area contributed by atoms with E-state index in [0.29, 0.717) is 12.0 Å². The molecule has 0 amide bonds. The summed E-state index contributed by atoms with van der Waals surface area (Å²) in [5.41, 5.74) is 1.97. The molecule has 84 valence electrons. The Kier molecular flexibility index (Phi) is 2.96. The molecule has 1 atom stereocenters. The van der Waals surface area contributed by atoms with Crippen molar-refractivity contribution in [1.29, 1.82) is 0 Å². The van der Waals surface area contributed by atoms with Crippen molar-refractivity contribution >= 4 is 23.6 Å². The van der Waals surface area contributed by atoms with Crippen LogP contribution >= 0.6 is 0 Å². The van der Waals surface area contributed by atoms with Crippen LogP contribution in [0.25, 0.3) is 11.0 Å². The largest absolute Gasteiger partial charge is 0.488 e. The first-order chi connectivity index (χ1) is 7.58. The highest BCUT2D eigenvalue weighted by molar-refractivity contribution is 6.58. The second kappa shape index (κ2) is 4.25. The monoisotopic (exact) mass is 220 g/mol. The van der Waals surface area contributed by atoms with Crippen LogP contribution in [0.3, 0.4) is 0 Å². The van der Waals surface area contributed by atoms with Crippen LogP contribution < -0.4 is 5.46 Å². The summed E-state index contributed by atoms with van der Waals surface area (Å²) in [4.78, 5) is 4.16. The number of nitrogens with zero attached hydrogens (tertiary/aromatic N) is 2. The molecular formula is C10H13BN2O3. The van der Waals surface area contributed by atoms with Crippen LogP contribution in [0.4, 0.5) is 0 Å². The Labute approximate surface area is 93.1 Å². The number of hydrogen-bond acceptors (Lipinski definition) is 4. The Morgan fingerprint density at radius 1 is 1.44 bits per heavy atom. The van der Waals surface area contributed by atoms with Gasteiger partial charge in [-0.15, -0.1) is 0 Å². The Balaban J connectivity index is 2.47. The molecule has 1 aromatic carbocycles. The highest BCUT2D eigenvalue weighted by atomic mass is 16.4. The van der Waals surface area contributed by atoms with E-state index in [1.165, 1.54) is 0 Å². The number of aromatic nitrogens is 2. The molecule has 16 heavy (non-hydrogen) atoms. The number of aliphatic hydroxyl groups is 1. The van der Waals surface area contributed by atoms with Gasteiger partial charge in [-0.25, -0.2) is 4.98 Å². The molecular weight excluding hydrogens is 207 g/mol. The molecule has 0 unspecified atom stereocenters. The second-order valence-corrected chi connectivity index (χ2v) is 3.87. The zero-order valence-corrected chi connectivity index (χ0v) is 8.91. The van der Waals surface area contributed by atoms with Crippen molar-refractivity contribution in [2.75, 3.05) is 0 Å². The van der Waals surface area contributed by atoms with Crippen molar-refractivity contribution in [3.05, 3.63) is 24.5 Å². The fourth-order valence-corrected chi connectivity index (χ4v) is 1.66. The molecule has 0 saturated heterocycles. The van der Waals surface area contributed by atoms with Crippen LogP contribution in [-0.4, -0.2) is 37.9 Å². The minimum absolute atomic E-state index is 0.417. The molecule has 2 rings (SSSR count). The first-order valence-corrected chi connectivity index (χ1v) is 5.07. The van der Waals surface area contributed by atoms with Gasteiger partial charge in [0.1, 0.15) is 0 Å². The van der Waals surface area contributed by atoms with E-state index in [9.17, 15) is 5.11 Å². The van der Waals surface area contributed by atoms with Gasteiger partial charge in [0, 0.05) is 6.54 Å². The van der Waals surface area contributed by atoms with E-state index < -0.39 is 13.2 Å². The average Bonchev–Trinajstić information content (AvgIpc) is 2.60. The van der Waals surface area contributed by atoms with Crippen LogP contribution in [0.5, 0.6) is 0 Å². The van der Waals surface area contributed by atoms with Gasteiger partial charge in [-0.2, -0.15) is 0 Å². The standard InChI is InChI=1S/C10H13BN2O3/c1-7(14)5-13-6-12-9-3-2-8(11(15)16)4-10(9)13/h2-4,6-7,14-16H,5H2,1H3/t7-/m1/s1. The predicted octanol–water partition coefficient (Wildman–Crippen LogP) is -0.903. The summed E-state index contributed by atoms with van der Waals surface area (Å²) in [7, 11) is -1.49. The van der Waals surface area contributed by atoms with Crippen LogP contribution in [-0.2, 0) is 6.54 Å². The number of imidazole rings is 1. The lowest BCUT2D eigenvalue weighted by atomic mass is 9.80. The summed E-state index contributed by atoms with van der Waals surface area (Å²) in [5, 5.41) is 27.5. The maximum absolute atomic E-state index is 9.31. The minimum atomic E-state index is -1.49. The van der Waals surface area contributed by atoms with Crippen LogP contribution in [0.2, 0.25) is 0 Å². The fraction of sp³-hybridized carbons (Fsp3) is 0.300. The van der Waals surface area contributed by atoms with Crippen LogP contribution in [0.15, 0.2) is 24.5 Å². The third kappa shape index (κ3) is 2.09. The van der Waals surface area contributed by atoms with Crippen molar-refractivity contribution < 1.29 is 15.2 Å². The molecule has 1 heterocycles. The van der Waals surface area contributed by atoms with Gasteiger partial charge in [0.25, 0.3) is 0 Å². The summed E-state index contributed by atoms with van der Waals surface area (Å²) in [5.74, 6) is 0. The number of fused-ring (bicyclic) bond motifs is 1. The maximum atomic E-state index is 9.31. The lowest BCUT2D eigenvalue weighted by Crippen LogP contribution is -2.29. The summed E-state index contributed by atoms with van der Waals surface area (Å²) >= 11 is 0. The molecule has 0 spiro atoms. The van der Waals surface area contributed by atoms with Crippen molar-refractivity contribution in [1.82, 2.24) is 9.55 Å². The first-order valence-electron chi connectivity index (χ1n) is 5.07. The van der Waals surface area contributed by atoms with Gasteiger partial charge in [-0.05, 0) is 24.5 Å². The molecule has 0 aliphatic rings. The van der Waals surface area contributed by atoms with Gasteiger partial charge in [0.15, 0.2) is 0 Å². The molecule has 5 nitrogen and oxygen atoms in total. The Morgan fingerprint density at radius 2 is 2.19 bits per heavy atom. The van der Waals surface area contributed by atoms with E-state index in [1.807, 2.05) is 0 Å². The van der Waals surface area contributed by atoms with Crippen molar-refractivity contribution in [3.63, 3.8) is 0 Å². The van der Waals surface area contributed by atoms with E-state index >= 15 is 0 Å². The SMILES string of the molecule is C[C@@H](O)Cn1cnc2ccc(B(O)O)cc21. The Morgan fingerprint density at radius 3 is 2.81 bits per heavy atom. The lowest BCUT2D eigenvalue weighted by Gasteiger charge is -2.07. The molecule has 3 N–H and O–H groups in total. The molecule has 0 saturated carbocycles. The third-order valence-electron chi connectivity index (χ3n) is 2.40. The van der Waals surface area contributed by atoms with Gasteiger partial charge in [-0.3, -0.25) is 0 Å². The molecule has 0 bridgehead atoms. The van der Waals surface area contributed by atoms with E-state index in [0.717, 1.165) is 11.0 Å². The number of hydrogen-bond donors (Lipinski definition) is 3. The molecule has 0 fully saturated rings. The van der Waals surface area contributed by atoms with Crippen molar-refractivity contribution in [2.24, 2.45) is 0 Å². The highest BCUT2D eigenvalue weighted by Crippen LogP contribution is 2.11. The molecule has 2 aromatic rings. The zero-order chi connectivity index (χ0) is 11.7. The van der Waals surface area contributed by atoms with Crippen molar-refractivity contribution in [2.45, 2.75) is 19.6 Å². The van der Waals surface area contributed by atoms with Crippen molar-refractivity contribution in [3.8, 4) is 0 Å². The number of rotatable bonds is 3. The van der Waals surface area contributed by atoms with E-state index in [-0.39, 0.29) is 0 Å². The molecule has 0 aliphatic carbocycles. The molecule has 0 aliphatic heterocycles. The summed E-state index contributed by atoms with van der Waals surface area (Å²) in [6, 6.07) is 5.00. The third-order valence-corrected chi connectivity index (χ3v) is 2.40. The summed E-state index contributed by atoms with van der Waals surface area (Å²) in [6.07, 6.45) is 1.16. The average molecular weight is 220 g/mol. The van der Waals surface area contributed by atoms with Crippen LogP contribution in [0, 0.1) is 0 Å². The Bertz CT molecular complexity index is 496. The van der Waals surface area contributed by atoms with E-state index in [2.05, 4.69) is 4.98 Å². The molecule has 6 heteroatoms. The molecule has 0 radical (unpaired) electrons. The van der Waals surface area contributed by atoms with Gasteiger partial charge in [-0.1, -0.05) is 6.07 Å². The lowest BCUT2D eigenvalue weighted by molar-refractivity contribution is 0.175. The number of aliphatic hydroxyl groups excluding tert-OH is 1. The van der Waals surface area contributed by atoms with E-state index in [4.69, 9.17) is 10.0 Å². The Hall–Kier alpha value is -1.37. The zero-order valence-electron chi connectivity index (χ0n) is 8.91. The first kappa shape index (κ1) is 11.1.